The number of halogens is 1. The van der Waals surface area contributed by atoms with E-state index in [1.54, 1.807) is 19.2 Å². The second-order valence-electron chi connectivity index (χ2n) is 5.83. The van der Waals surface area contributed by atoms with Gasteiger partial charge in [0.1, 0.15) is 11.6 Å². The lowest BCUT2D eigenvalue weighted by atomic mass is 10.0. The molecule has 0 aliphatic heterocycles. The van der Waals surface area contributed by atoms with E-state index in [2.05, 4.69) is 15.6 Å². The van der Waals surface area contributed by atoms with Crippen molar-refractivity contribution in [1.82, 2.24) is 10.6 Å². The molecular weight excluding hydrogens is 333 g/mol. The third kappa shape index (κ3) is 6.72. The average Bonchev–Trinajstić information content (AvgIpc) is 2.68. The SMILES string of the molecule is CN=C(NCCCOc1ccc(F)cc1)NCC(CO)c1ccccc1. The topological polar surface area (TPSA) is 65.9 Å². The van der Waals surface area contributed by atoms with Gasteiger partial charge in [-0.05, 0) is 36.2 Å². The summed E-state index contributed by atoms with van der Waals surface area (Å²) in [5.41, 5.74) is 1.09. The van der Waals surface area contributed by atoms with Crippen LogP contribution in [0.3, 0.4) is 0 Å². The zero-order chi connectivity index (χ0) is 18.6. The number of ether oxygens (including phenoxy) is 1. The first-order valence-electron chi connectivity index (χ1n) is 8.71. The van der Waals surface area contributed by atoms with Crippen molar-refractivity contribution < 1.29 is 14.2 Å². The maximum Gasteiger partial charge on any atom is 0.191 e. The molecule has 3 N–H and O–H groups in total. The van der Waals surface area contributed by atoms with Crippen molar-refractivity contribution in [3.05, 3.63) is 66.0 Å². The molecule has 0 aliphatic rings. The molecule has 0 fully saturated rings. The van der Waals surface area contributed by atoms with Gasteiger partial charge in [0, 0.05) is 26.1 Å². The number of hydrogen-bond acceptors (Lipinski definition) is 3. The Morgan fingerprint density at radius 2 is 1.85 bits per heavy atom. The molecule has 5 nitrogen and oxygen atoms in total. The molecule has 1 atom stereocenters. The summed E-state index contributed by atoms with van der Waals surface area (Å²) in [5.74, 6) is 1.07. The number of aliphatic hydroxyl groups excluding tert-OH is 1. The van der Waals surface area contributed by atoms with Crippen LogP contribution < -0.4 is 15.4 Å². The Morgan fingerprint density at radius 3 is 2.50 bits per heavy atom. The van der Waals surface area contributed by atoms with Gasteiger partial charge in [-0.3, -0.25) is 4.99 Å². The van der Waals surface area contributed by atoms with Crippen molar-refractivity contribution in [1.29, 1.82) is 0 Å². The molecule has 6 heteroatoms. The predicted molar refractivity (Wildman–Crippen MR) is 102 cm³/mol. The summed E-state index contributed by atoms with van der Waals surface area (Å²) >= 11 is 0. The summed E-state index contributed by atoms with van der Waals surface area (Å²) in [5, 5.41) is 16.0. The fourth-order valence-corrected chi connectivity index (χ4v) is 2.45. The number of aliphatic hydroxyl groups is 1. The van der Waals surface area contributed by atoms with Crippen LogP contribution >= 0.6 is 0 Å². The highest BCUT2D eigenvalue weighted by Crippen LogP contribution is 2.13. The van der Waals surface area contributed by atoms with E-state index < -0.39 is 0 Å². The van der Waals surface area contributed by atoms with Crippen LogP contribution in [0, 0.1) is 5.82 Å². The molecule has 0 bridgehead atoms. The predicted octanol–water partition coefficient (Wildman–Crippen LogP) is 2.54. The van der Waals surface area contributed by atoms with Crippen molar-refractivity contribution in [3.8, 4) is 5.75 Å². The third-order valence-corrected chi connectivity index (χ3v) is 3.93. The minimum absolute atomic E-state index is 0.0107. The Morgan fingerprint density at radius 1 is 1.12 bits per heavy atom. The highest BCUT2D eigenvalue weighted by Gasteiger charge is 2.10. The number of nitrogens with one attached hydrogen (secondary N) is 2. The summed E-state index contributed by atoms with van der Waals surface area (Å²) in [4.78, 5) is 4.18. The quantitative estimate of drug-likeness (QED) is 0.366. The molecule has 0 heterocycles. The van der Waals surface area contributed by atoms with E-state index in [1.807, 2.05) is 30.3 Å². The normalized spacial score (nSPS) is 12.5. The molecule has 0 spiro atoms. The maximum atomic E-state index is 12.8. The van der Waals surface area contributed by atoms with Gasteiger partial charge in [0.05, 0.1) is 13.2 Å². The Labute approximate surface area is 153 Å². The molecule has 0 aliphatic carbocycles. The van der Waals surface area contributed by atoms with Gasteiger partial charge < -0.3 is 20.5 Å². The maximum absolute atomic E-state index is 12.8. The number of guanidine groups is 1. The van der Waals surface area contributed by atoms with E-state index in [-0.39, 0.29) is 18.3 Å². The lowest BCUT2D eigenvalue weighted by Gasteiger charge is -2.18. The largest absolute Gasteiger partial charge is 0.494 e. The molecule has 26 heavy (non-hydrogen) atoms. The van der Waals surface area contributed by atoms with Crippen LogP contribution in [0.15, 0.2) is 59.6 Å². The van der Waals surface area contributed by atoms with Gasteiger partial charge >= 0.3 is 0 Å². The first-order valence-corrected chi connectivity index (χ1v) is 8.71. The van der Waals surface area contributed by atoms with Gasteiger partial charge in [0.15, 0.2) is 5.96 Å². The van der Waals surface area contributed by atoms with Crippen LogP contribution in [-0.4, -0.2) is 44.4 Å². The summed E-state index contributed by atoms with van der Waals surface area (Å²) < 4.78 is 18.4. The Bertz CT molecular complexity index is 663. The third-order valence-electron chi connectivity index (χ3n) is 3.93. The van der Waals surface area contributed by atoms with Crippen molar-refractivity contribution >= 4 is 5.96 Å². The molecule has 2 aromatic rings. The number of benzene rings is 2. The van der Waals surface area contributed by atoms with E-state index >= 15 is 0 Å². The molecular formula is C20H26FN3O2. The van der Waals surface area contributed by atoms with Gasteiger partial charge in [-0.25, -0.2) is 4.39 Å². The fraction of sp³-hybridized carbons (Fsp3) is 0.350. The molecule has 0 aromatic heterocycles. The highest BCUT2D eigenvalue weighted by atomic mass is 19.1. The van der Waals surface area contributed by atoms with Gasteiger partial charge in [-0.15, -0.1) is 0 Å². The molecule has 140 valence electrons. The minimum atomic E-state index is -0.273. The monoisotopic (exact) mass is 359 g/mol. The smallest absolute Gasteiger partial charge is 0.191 e. The molecule has 0 amide bonds. The van der Waals surface area contributed by atoms with Crippen LogP contribution in [0.1, 0.15) is 17.9 Å². The Balaban J connectivity index is 1.66. The van der Waals surface area contributed by atoms with E-state index in [0.717, 1.165) is 12.0 Å². The van der Waals surface area contributed by atoms with Gasteiger partial charge in [0.2, 0.25) is 0 Å². The molecule has 2 rings (SSSR count). The van der Waals surface area contributed by atoms with Crippen LogP contribution in [0.25, 0.3) is 0 Å². The second kappa shape index (κ2) is 11.1. The van der Waals surface area contributed by atoms with Crippen LogP contribution in [0.2, 0.25) is 0 Å². The van der Waals surface area contributed by atoms with E-state index in [1.165, 1.54) is 12.1 Å². The highest BCUT2D eigenvalue weighted by molar-refractivity contribution is 5.79. The van der Waals surface area contributed by atoms with Gasteiger partial charge in [-0.2, -0.15) is 0 Å². The standard InChI is InChI=1S/C20H26FN3O2/c1-22-20(24-14-17(15-25)16-6-3-2-4-7-16)23-12-5-13-26-19-10-8-18(21)9-11-19/h2-4,6-11,17,25H,5,12-15H2,1H3,(H2,22,23,24). The first kappa shape index (κ1) is 19.7. The van der Waals surface area contributed by atoms with Crippen molar-refractivity contribution in [2.75, 3.05) is 33.4 Å². The number of aliphatic imine (C=N–C) groups is 1. The van der Waals surface area contributed by atoms with Crippen LogP contribution in [-0.2, 0) is 0 Å². The summed E-state index contributed by atoms with van der Waals surface area (Å²) in [6, 6.07) is 15.9. The first-order chi connectivity index (χ1) is 12.7. The molecule has 0 saturated carbocycles. The zero-order valence-electron chi connectivity index (χ0n) is 15.0. The fourth-order valence-electron chi connectivity index (χ4n) is 2.45. The molecule has 0 radical (unpaired) electrons. The van der Waals surface area contributed by atoms with Crippen LogP contribution in [0.5, 0.6) is 5.75 Å². The Hall–Kier alpha value is -2.60. The Kier molecular flexibility index (Phi) is 8.42. The minimum Gasteiger partial charge on any atom is -0.494 e. The second-order valence-corrected chi connectivity index (χ2v) is 5.83. The summed E-state index contributed by atoms with van der Waals surface area (Å²) in [7, 11) is 1.71. The summed E-state index contributed by atoms with van der Waals surface area (Å²) in [6.07, 6.45) is 0.778. The van der Waals surface area contributed by atoms with E-state index in [9.17, 15) is 9.50 Å². The number of rotatable bonds is 9. The molecule has 1 unspecified atom stereocenters. The molecule has 0 saturated heterocycles. The molecule has 2 aromatic carbocycles. The average molecular weight is 359 g/mol. The van der Waals surface area contributed by atoms with E-state index in [4.69, 9.17) is 4.74 Å². The number of hydrogen-bond donors (Lipinski definition) is 3. The number of nitrogens with zero attached hydrogens (tertiary/aromatic N) is 1. The van der Waals surface area contributed by atoms with Crippen molar-refractivity contribution in [3.63, 3.8) is 0 Å². The van der Waals surface area contributed by atoms with Gasteiger partial charge in [-0.1, -0.05) is 30.3 Å². The zero-order valence-corrected chi connectivity index (χ0v) is 15.0. The summed E-state index contributed by atoms with van der Waals surface area (Å²) in [6.45, 7) is 1.88. The van der Waals surface area contributed by atoms with E-state index in [0.29, 0.717) is 31.4 Å². The lowest BCUT2D eigenvalue weighted by molar-refractivity contribution is 0.265. The van der Waals surface area contributed by atoms with Crippen LogP contribution in [0.4, 0.5) is 4.39 Å². The lowest BCUT2D eigenvalue weighted by Crippen LogP contribution is -2.40. The van der Waals surface area contributed by atoms with Gasteiger partial charge in [0.25, 0.3) is 0 Å². The van der Waals surface area contributed by atoms with Crippen molar-refractivity contribution in [2.24, 2.45) is 4.99 Å². The van der Waals surface area contributed by atoms with Crippen molar-refractivity contribution in [2.45, 2.75) is 12.3 Å².